The maximum Gasteiger partial charge on any atom is 0.339 e. The zero-order valence-corrected chi connectivity index (χ0v) is 22.0. The highest BCUT2D eigenvalue weighted by Gasteiger charge is 2.20. The van der Waals surface area contributed by atoms with Crippen molar-refractivity contribution in [3.8, 4) is 17.6 Å². The van der Waals surface area contributed by atoms with E-state index in [0.29, 0.717) is 20.2 Å². The van der Waals surface area contributed by atoms with Crippen LogP contribution in [0.25, 0.3) is 6.08 Å². The third-order valence-corrected chi connectivity index (χ3v) is 7.02. The number of hydrogen-bond acceptors (Lipinski definition) is 6. The highest BCUT2D eigenvalue weighted by Crippen LogP contribution is 2.34. The molecule has 0 heterocycles. The fourth-order valence-electron chi connectivity index (χ4n) is 2.92. The Morgan fingerprint density at radius 3 is 2.26 bits per heavy atom. The van der Waals surface area contributed by atoms with Crippen LogP contribution >= 0.6 is 31.9 Å². The van der Waals surface area contributed by atoms with Gasteiger partial charge < -0.3 is 14.2 Å². The highest BCUT2D eigenvalue weighted by atomic mass is 79.9. The molecule has 0 bridgehead atoms. The summed E-state index contributed by atoms with van der Waals surface area (Å²) < 4.78 is 37.1. The van der Waals surface area contributed by atoms with Crippen LogP contribution in [0.5, 0.6) is 11.5 Å². The van der Waals surface area contributed by atoms with Gasteiger partial charge in [0.05, 0.1) is 12.8 Å². The number of anilines is 1. The Bertz CT molecular complexity index is 1390. The Labute approximate surface area is 214 Å². The van der Waals surface area contributed by atoms with Crippen LogP contribution in [0.3, 0.4) is 0 Å². The summed E-state index contributed by atoms with van der Waals surface area (Å²) in [5.41, 5.74) is 1.63. The number of nitrogens with zero attached hydrogens (tertiary/aromatic N) is 1. The highest BCUT2D eigenvalue weighted by molar-refractivity contribution is 9.11. The van der Waals surface area contributed by atoms with E-state index < -0.39 is 16.0 Å². The molecule has 1 amide bonds. The maximum atomic E-state index is 12.8. The Balaban J connectivity index is 1.92. The molecule has 1 N–H and O–H groups in total. The van der Waals surface area contributed by atoms with E-state index in [-0.39, 0.29) is 22.0 Å². The van der Waals surface area contributed by atoms with Gasteiger partial charge in [0.25, 0.3) is 5.91 Å². The number of ether oxygens (including phenoxy) is 1. The molecule has 3 aromatic carbocycles. The van der Waals surface area contributed by atoms with Crippen LogP contribution in [-0.4, -0.2) is 21.4 Å². The molecular weight excluding hydrogens is 588 g/mol. The first-order valence-electron chi connectivity index (χ1n) is 9.71. The van der Waals surface area contributed by atoms with Gasteiger partial charge in [-0.15, -0.1) is 0 Å². The summed E-state index contributed by atoms with van der Waals surface area (Å²) in [7, 11) is -2.75. The zero-order chi connectivity index (χ0) is 24.9. The molecule has 0 aromatic heterocycles. The zero-order valence-electron chi connectivity index (χ0n) is 18.0. The molecular formula is C24H18Br2N2O5S. The van der Waals surface area contributed by atoms with Crippen LogP contribution in [0.15, 0.2) is 80.1 Å². The number of benzene rings is 3. The second-order valence-corrected chi connectivity index (χ2v) is 10.2. The molecule has 0 saturated carbocycles. The second-order valence-electron chi connectivity index (χ2n) is 6.99. The lowest BCUT2D eigenvalue weighted by Crippen LogP contribution is -2.14. The Kier molecular flexibility index (Phi) is 8.15. The second kappa shape index (κ2) is 10.9. The molecule has 0 saturated heterocycles. The fraction of sp³-hybridized carbons (Fsp3) is 0.0833. The van der Waals surface area contributed by atoms with E-state index in [9.17, 15) is 18.5 Å². The SMILES string of the molecule is COc1ccc(/C=C(\C#N)C(=O)Nc2c(Br)cc(C)cc2Br)cc1OS(=O)(=O)c1ccccc1. The maximum absolute atomic E-state index is 12.8. The number of nitriles is 1. The van der Waals surface area contributed by atoms with Crippen molar-refractivity contribution in [2.45, 2.75) is 11.8 Å². The molecule has 0 spiro atoms. The van der Waals surface area contributed by atoms with Crippen molar-refractivity contribution < 1.29 is 22.1 Å². The Morgan fingerprint density at radius 2 is 1.68 bits per heavy atom. The minimum Gasteiger partial charge on any atom is -0.493 e. The lowest BCUT2D eigenvalue weighted by Gasteiger charge is -2.12. The predicted molar refractivity (Wildman–Crippen MR) is 136 cm³/mol. The molecule has 0 aliphatic rings. The average Bonchev–Trinajstić information content (AvgIpc) is 2.80. The van der Waals surface area contributed by atoms with Gasteiger partial charge in [-0.1, -0.05) is 24.3 Å². The molecule has 3 rings (SSSR count). The summed E-state index contributed by atoms with van der Waals surface area (Å²) in [5.74, 6) is -0.545. The quantitative estimate of drug-likeness (QED) is 0.206. The molecule has 0 radical (unpaired) electrons. The standard InChI is InChI=1S/C24H18Br2N2O5S/c1-15-10-19(25)23(20(26)11-15)28-24(29)17(14-27)12-16-8-9-21(32-2)22(13-16)33-34(30,31)18-6-4-3-5-7-18/h3-13H,1-2H3,(H,28,29)/b17-12+. The topological polar surface area (TPSA) is 105 Å². The molecule has 0 aliphatic carbocycles. The molecule has 0 aliphatic heterocycles. The fourth-order valence-corrected chi connectivity index (χ4v) is 5.48. The van der Waals surface area contributed by atoms with Gasteiger partial charge in [-0.3, -0.25) is 4.79 Å². The number of carbonyl (C=O) groups excluding carboxylic acids is 1. The number of halogens is 2. The van der Waals surface area contributed by atoms with Gasteiger partial charge in [0.2, 0.25) is 0 Å². The van der Waals surface area contributed by atoms with Crippen LogP contribution in [0.4, 0.5) is 5.69 Å². The van der Waals surface area contributed by atoms with Gasteiger partial charge in [-0.05, 0) is 92.4 Å². The van der Waals surface area contributed by atoms with Crippen LogP contribution in [0, 0.1) is 18.3 Å². The number of hydrogen-bond donors (Lipinski definition) is 1. The van der Waals surface area contributed by atoms with Crippen LogP contribution < -0.4 is 14.2 Å². The number of methoxy groups -OCH3 is 1. The van der Waals surface area contributed by atoms with Crippen molar-refractivity contribution in [3.05, 3.63) is 86.3 Å². The van der Waals surface area contributed by atoms with Crippen molar-refractivity contribution in [1.82, 2.24) is 0 Å². The lowest BCUT2D eigenvalue weighted by atomic mass is 10.1. The van der Waals surface area contributed by atoms with Gasteiger partial charge in [-0.25, -0.2) is 0 Å². The van der Waals surface area contributed by atoms with Crippen molar-refractivity contribution in [2.24, 2.45) is 0 Å². The van der Waals surface area contributed by atoms with E-state index in [1.807, 2.05) is 25.1 Å². The first-order chi connectivity index (χ1) is 16.1. The van der Waals surface area contributed by atoms with Crippen LogP contribution in [0.1, 0.15) is 11.1 Å². The van der Waals surface area contributed by atoms with Gasteiger partial charge >= 0.3 is 10.1 Å². The number of nitrogens with one attached hydrogen (secondary N) is 1. The van der Waals surface area contributed by atoms with Gasteiger partial charge in [0.15, 0.2) is 11.5 Å². The van der Waals surface area contributed by atoms with E-state index in [0.717, 1.165) is 5.56 Å². The Morgan fingerprint density at radius 1 is 1.03 bits per heavy atom. The molecule has 0 unspecified atom stereocenters. The van der Waals surface area contributed by atoms with E-state index in [1.54, 1.807) is 24.3 Å². The molecule has 34 heavy (non-hydrogen) atoms. The summed E-state index contributed by atoms with van der Waals surface area (Å²) in [6.07, 6.45) is 1.33. The van der Waals surface area contributed by atoms with Crippen molar-refractivity contribution in [1.29, 1.82) is 5.26 Å². The number of rotatable bonds is 7. The molecule has 3 aromatic rings. The van der Waals surface area contributed by atoms with E-state index in [1.165, 1.54) is 37.5 Å². The van der Waals surface area contributed by atoms with Crippen LogP contribution in [0.2, 0.25) is 0 Å². The summed E-state index contributed by atoms with van der Waals surface area (Å²) in [5, 5.41) is 12.3. The minimum atomic E-state index is -4.12. The third-order valence-electron chi connectivity index (χ3n) is 4.52. The first kappa shape index (κ1) is 25.5. The summed E-state index contributed by atoms with van der Waals surface area (Å²) in [4.78, 5) is 12.7. The van der Waals surface area contributed by atoms with Gasteiger partial charge in [0, 0.05) is 8.95 Å². The lowest BCUT2D eigenvalue weighted by molar-refractivity contribution is -0.112. The first-order valence-corrected chi connectivity index (χ1v) is 12.7. The van der Waals surface area contributed by atoms with E-state index >= 15 is 0 Å². The van der Waals surface area contributed by atoms with Gasteiger partial charge in [0.1, 0.15) is 16.5 Å². The van der Waals surface area contributed by atoms with Crippen molar-refractivity contribution >= 4 is 59.6 Å². The Hall–Kier alpha value is -3.13. The summed E-state index contributed by atoms with van der Waals surface area (Å²) in [6, 6.07) is 17.6. The van der Waals surface area contributed by atoms with Crippen molar-refractivity contribution in [2.75, 3.05) is 12.4 Å². The van der Waals surface area contributed by atoms with Gasteiger partial charge in [-0.2, -0.15) is 13.7 Å². The normalized spacial score (nSPS) is 11.4. The number of amides is 1. The predicted octanol–water partition coefficient (Wildman–Crippen LogP) is 5.84. The number of aryl methyl sites for hydroxylation is 1. The van der Waals surface area contributed by atoms with Crippen molar-refractivity contribution in [3.63, 3.8) is 0 Å². The number of carbonyl (C=O) groups is 1. The van der Waals surface area contributed by atoms with E-state index in [4.69, 9.17) is 8.92 Å². The molecule has 7 nitrogen and oxygen atoms in total. The molecule has 0 fully saturated rings. The van der Waals surface area contributed by atoms with E-state index in [2.05, 4.69) is 37.2 Å². The smallest absolute Gasteiger partial charge is 0.339 e. The molecule has 174 valence electrons. The molecule has 10 heteroatoms. The minimum absolute atomic E-state index is 0.0238. The monoisotopic (exact) mass is 604 g/mol. The summed E-state index contributed by atoms with van der Waals surface area (Å²) in [6.45, 7) is 1.91. The van der Waals surface area contributed by atoms with Crippen LogP contribution in [-0.2, 0) is 14.9 Å². The third kappa shape index (κ3) is 6.05. The molecule has 0 atom stereocenters. The summed E-state index contributed by atoms with van der Waals surface area (Å²) >= 11 is 6.80. The largest absolute Gasteiger partial charge is 0.493 e. The average molecular weight is 606 g/mol.